The average Bonchev–Trinajstić information content (AvgIpc) is 2.29. The molecule has 0 bridgehead atoms. The van der Waals surface area contributed by atoms with Crippen molar-refractivity contribution in [2.24, 2.45) is 0 Å². The number of benzene rings is 1. The monoisotopic (exact) mass is 279 g/mol. The highest BCUT2D eigenvalue weighted by atomic mass is 32.2. The quantitative estimate of drug-likeness (QED) is 0.834. The summed E-state index contributed by atoms with van der Waals surface area (Å²) in [5.41, 5.74) is 0.615. The first-order valence-electron chi connectivity index (χ1n) is 5.37. The first kappa shape index (κ1) is 14.8. The lowest BCUT2D eigenvalue weighted by Gasteiger charge is -2.14. The summed E-state index contributed by atoms with van der Waals surface area (Å²) in [6.07, 6.45) is 0.539. The summed E-state index contributed by atoms with van der Waals surface area (Å²) in [5, 5.41) is 11.7. The number of aliphatic hydroxyl groups excluding tert-OH is 1. The molecule has 0 aliphatic rings. The fourth-order valence-electron chi connectivity index (χ4n) is 1.39. The van der Waals surface area contributed by atoms with Crippen molar-refractivity contribution in [2.75, 3.05) is 11.9 Å². The molecule has 0 aliphatic heterocycles. The summed E-state index contributed by atoms with van der Waals surface area (Å²) in [4.78, 5) is -0.405. The number of hydrogen-bond donors (Lipinski definition) is 2. The Morgan fingerprint density at radius 3 is 2.28 bits per heavy atom. The minimum atomic E-state index is -4.53. The molecule has 0 amide bonds. The van der Waals surface area contributed by atoms with Crippen LogP contribution in [-0.2, 0) is 9.84 Å². The molecule has 0 fully saturated rings. The third-order valence-corrected chi connectivity index (χ3v) is 3.79. The Balaban J connectivity index is 2.81. The molecule has 0 aliphatic carbocycles. The van der Waals surface area contributed by atoms with Gasteiger partial charge >= 0.3 is 5.76 Å². The lowest BCUT2D eigenvalue weighted by Crippen LogP contribution is -2.16. The Morgan fingerprint density at radius 2 is 1.83 bits per heavy atom. The first-order chi connectivity index (χ1) is 8.37. The van der Waals surface area contributed by atoms with Crippen LogP contribution >= 0.6 is 0 Å². The largest absolute Gasteiger partial charge is 0.396 e. The molecule has 0 radical (unpaired) electrons. The van der Waals surface area contributed by atoms with E-state index in [9.17, 15) is 17.2 Å². The molecule has 0 heterocycles. The van der Waals surface area contributed by atoms with E-state index in [0.717, 1.165) is 12.1 Å². The summed E-state index contributed by atoms with van der Waals surface area (Å²) in [5.74, 6) is -3.41. The Morgan fingerprint density at radius 1 is 1.28 bits per heavy atom. The van der Waals surface area contributed by atoms with Crippen LogP contribution in [0.4, 0.5) is 14.5 Å². The number of hydrogen-bond acceptors (Lipinski definition) is 4. The van der Waals surface area contributed by atoms with Gasteiger partial charge in [0.15, 0.2) is 0 Å². The van der Waals surface area contributed by atoms with E-state index in [4.69, 9.17) is 5.11 Å². The van der Waals surface area contributed by atoms with Crippen molar-refractivity contribution in [3.8, 4) is 0 Å². The molecule has 1 atom stereocenters. The number of halogens is 2. The van der Waals surface area contributed by atoms with Gasteiger partial charge in [-0.1, -0.05) is 0 Å². The summed E-state index contributed by atoms with van der Waals surface area (Å²) >= 11 is 0. The fraction of sp³-hybridized carbons (Fsp3) is 0.455. The maximum atomic E-state index is 12.3. The van der Waals surface area contributed by atoms with Gasteiger partial charge in [0, 0.05) is 18.3 Å². The first-order valence-corrected chi connectivity index (χ1v) is 6.92. The third-order valence-electron chi connectivity index (χ3n) is 2.39. The van der Waals surface area contributed by atoms with E-state index in [1.54, 1.807) is 0 Å². The van der Waals surface area contributed by atoms with Crippen molar-refractivity contribution in [3.05, 3.63) is 24.3 Å². The van der Waals surface area contributed by atoms with E-state index in [2.05, 4.69) is 5.32 Å². The fourth-order valence-corrected chi connectivity index (χ4v) is 2.12. The zero-order valence-corrected chi connectivity index (χ0v) is 10.6. The van der Waals surface area contributed by atoms with Crippen molar-refractivity contribution >= 4 is 15.5 Å². The van der Waals surface area contributed by atoms with E-state index in [-0.39, 0.29) is 12.6 Å². The van der Waals surface area contributed by atoms with Crippen LogP contribution in [0, 0.1) is 0 Å². The van der Waals surface area contributed by atoms with Crippen LogP contribution in [0.5, 0.6) is 0 Å². The highest BCUT2D eigenvalue weighted by Gasteiger charge is 2.26. The normalized spacial score (nSPS) is 13.6. The highest BCUT2D eigenvalue weighted by Crippen LogP contribution is 2.20. The number of alkyl halides is 2. The van der Waals surface area contributed by atoms with E-state index in [1.165, 1.54) is 12.1 Å². The van der Waals surface area contributed by atoms with Gasteiger partial charge in [-0.15, -0.1) is 0 Å². The average molecular weight is 279 g/mol. The van der Waals surface area contributed by atoms with Crippen LogP contribution < -0.4 is 5.32 Å². The predicted octanol–water partition coefficient (Wildman–Crippen LogP) is 1.87. The second-order valence-electron chi connectivity index (χ2n) is 3.89. The molecule has 1 rings (SSSR count). The molecule has 1 aromatic rings. The minimum Gasteiger partial charge on any atom is -0.396 e. The van der Waals surface area contributed by atoms with Gasteiger partial charge in [-0.05, 0) is 37.6 Å². The van der Waals surface area contributed by atoms with Crippen LogP contribution in [0.3, 0.4) is 0 Å². The molecule has 1 unspecified atom stereocenters. The Labute approximate surface area is 105 Å². The van der Waals surface area contributed by atoms with Gasteiger partial charge in [0.2, 0.25) is 9.84 Å². The summed E-state index contributed by atoms with van der Waals surface area (Å²) in [6, 6.07) is 5.12. The summed E-state index contributed by atoms with van der Waals surface area (Å²) in [6.45, 7) is 1.88. The number of nitrogens with one attached hydrogen (secondary N) is 1. The maximum Gasteiger partial charge on any atom is 0.341 e. The van der Waals surface area contributed by atoms with Gasteiger partial charge in [0.1, 0.15) is 0 Å². The molecule has 1 aromatic carbocycles. The van der Waals surface area contributed by atoms with E-state index < -0.39 is 20.5 Å². The maximum absolute atomic E-state index is 12.3. The zero-order chi connectivity index (χ0) is 13.8. The van der Waals surface area contributed by atoms with Crippen molar-refractivity contribution in [1.29, 1.82) is 0 Å². The van der Waals surface area contributed by atoms with Crippen molar-refractivity contribution < 1.29 is 22.3 Å². The molecular formula is C11H15F2NO3S. The van der Waals surface area contributed by atoms with Crippen LogP contribution in [0.25, 0.3) is 0 Å². The van der Waals surface area contributed by atoms with Crippen LogP contribution in [0.15, 0.2) is 29.2 Å². The van der Waals surface area contributed by atoms with Crippen molar-refractivity contribution in [3.63, 3.8) is 0 Å². The molecule has 0 saturated carbocycles. The van der Waals surface area contributed by atoms with E-state index in [0.29, 0.717) is 12.1 Å². The van der Waals surface area contributed by atoms with Crippen LogP contribution in [0.2, 0.25) is 0 Å². The van der Waals surface area contributed by atoms with E-state index >= 15 is 0 Å². The molecule has 2 N–H and O–H groups in total. The highest BCUT2D eigenvalue weighted by molar-refractivity contribution is 7.91. The third kappa shape index (κ3) is 3.64. The van der Waals surface area contributed by atoms with Crippen LogP contribution in [-0.4, -0.2) is 31.9 Å². The standard InChI is InChI=1S/C11H15F2NO3S/c1-8(6-7-15)14-9-2-4-10(5-3-9)18(16,17)11(12)13/h2-5,8,11,14-15H,6-7H2,1H3. The number of anilines is 1. The zero-order valence-electron chi connectivity index (χ0n) is 9.81. The summed E-state index contributed by atoms with van der Waals surface area (Å²) in [7, 11) is -4.53. The van der Waals surface area contributed by atoms with Gasteiger partial charge in [-0.2, -0.15) is 8.78 Å². The predicted molar refractivity (Wildman–Crippen MR) is 64.4 cm³/mol. The topological polar surface area (TPSA) is 66.4 Å². The number of aliphatic hydroxyl groups is 1. The lowest BCUT2D eigenvalue weighted by molar-refractivity contribution is 0.234. The Kier molecular flexibility index (Phi) is 5.03. The van der Waals surface area contributed by atoms with Crippen LogP contribution in [0.1, 0.15) is 13.3 Å². The summed E-state index contributed by atoms with van der Waals surface area (Å²) < 4.78 is 46.9. The number of sulfone groups is 1. The molecule has 18 heavy (non-hydrogen) atoms. The Hall–Kier alpha value is -1.21. The molecular weight excluding hydrogens is 264 g/mol. The van der Waals surface area contributed by atoms with Gasteiger partial charge in [0.05, 0.1) is 4.90 Å². The van der Waals surface area contributed by atoms with Gasteiger partial charge in [0.25, 0.3) is 0 Å². The molecule has 7 heteroatoms. The smallest absolute Gasteiger partial charge is 0.341 e. The second kappa shape index (κ2) is 6.10. The van der Waals surface area contributed by atoms with Crippen molar-refractivity contribution in [1.82, 2.24) is 0 Å². The molecule has 0 aromatic heterocycles. The van der Waals surface area contributed by atoms with E-state index in [1.807, 2.05) is 6.92 Å². The number of rotatable bonds is 6. The Bertz CT molecular complexity index is 474. The minimum absolute atomic E-state index is 0.00700. The molecule has 0 saturated heterocycles. The molecule has 102 valence electrons. The molecule has 0 spiro atoms. The van der Waals surface area contributed by atoms with Crippen molar-refractivity contribution in [2.45, 2.75) is 30.0 Å². The van der Waals surface area contributed by atoms with Gasteiger partial charge in [-0.3, -0.25) is 0 Å². The second-order valence-corrected chi connectivity index (χ2v) is 5.81. The SMILES string of the molecule is CC(CCO)Nc1ccc(S(=O)(=O)C(F)F)cc1. The van der Waals surface area contributed by atoms with Gasteiger partial charge in [-0.25, -0.2) is 8.42 Å². The van der Waals surface area contributed by atoms with Gasteiger partial charge < -0.3 is 10.4 Å². The molecule has 4 nitrogen and oxygen atoms in total. The lowest BCUT2D eigenvalue weighted by atomic mass is 10.2.